The molecule has 0 saturated carbocycles. The smallest absolute Gasteiger partial charge is 0.220 e. The van der Waals surface area contributed by atoms with Gasteiger partial charge in [0.15, 0.2) is 0 Å². The molecule has 5 heterocycles. The van der Waals surface area contributed by atoms with E-state index < -0.39 is 0 Å². The van der Waals surface area contributed by atoms with Gasteiger partial charge in [0.25, 0.3) is 0 Å². The maximum atomic E-state index is 11.5. The van der Waals surface area contributed by atoms with Gasteiger partial charge in [0, 0.05) is 96.7 Å². The predicted octanol–water partition coefficient (Wildman–Crippen LogP) is 6.08. The van der Waals surface area contributed by atoms with Gasteiger partial charge in [-0.2, -0.15) is 0 Å². The van der Waals surface area contributed by atoms with Gasteiger partial charge in [0.05, 0.1) is 34.1 Å². The molecule has 2 aliphatic heterocycles. The van der Waals surface area contributed by atoms with Crippen LogP contribution in [0.1, 0.15) is 36.8 Å². The molecule has 0 radical (unpaired) electrons. The molecule has 12 heteroatoms. The van der Waals surface area contributed by atoms with Crippen molar-refractivity contribution in [3.63, 3.8) is 0 Å². The number of halogens is 2. The Bertz CT molecular complexity index is 2070. The molecule has 7 rings (SSSR count). The molecule has 4 N–H and O–H groups in total. The zero-order chi connectivity index (χ0) is 34.6. The summed E-state index contributed by atoms with van der Waals surface area (Å²) in [6.45, 7) is 2.61. The molecule has 256 valence electrons. The van der Waals surface area contributed by atoms with Crippen LogP contribution in [0, 0.1) is 0 Å². The molecule has 3 aromatic heterocycles. The summed E-state index contributed by atoms with van der Waals surface area (Å²) in [7, 11) is 1.60. The zero-order valence-electron chi connectivity index (χ0n) is 27.6. The fraction of sp³-hybridized carbons (Fsp3) is 0.289. The summed E-state index contributed by atoms with van der Waals surface area (Å²) in [4.78, 5) is 37.2. The lowest BCUT2D eigenvalue weighted by Crippen LogP contribution is -2.35. The summed E-state index contributed by atoms with van der Waals surface area (Å²) in [6, 6.07) is 19.9. The number of ether oxygens (including phenoxy) is 1. The molecule has 5 aromatic rings. The van der Waals surface area contributed by atoms with Crippen LogP contribution in [-0.4, -0.2) is 59.0 Å². The first-order valence-corrected chi connectivity index (χ1v) is 17.5. The predicted molar refractivity (Wildman–Crippen MR) is 196 cm³/mol. The first-order valence-electron chi connectivity index (χ1n) is 16.7. The largest absolute Gasteiger partial charge is 0.481 e. The number of pyridine rings is 3. The van der Waals surface area contributed by atoms with Gasteiger partial charge in [-0.15, -0.1) is 0 Å². The third-order valence-corrected chi connectivity index (χ3v) is 10.0. The van der Waals surface area contributed by atoms with E-state index >= 15 is 0 Å². The Balaban J connectivity index is 1.08. The maximum Gasteiger partial charge on any atom is 0.220 e. The third-order valence-electron chi connectivity index (χ3n) is 9.19. The number of methoxy groups -OCH3 is 1. The summed E-state index contributed by atoms with van der Waals surface area (Å²) in [6.07, 6.45) is 6.54. The molecule has 2 amide bonds. The van der Waals surface area contributed by atoms with Gasteiger partial charge in [-0.1, -0.05) is 65.7 Å². The molecular weight excluding hydrogens is 673 g/mol. The van der Waals surface area contributed by atoms with Gasteiger partial charge >= 0.3 is 0 Å². The summed E-state index contributed by atoms with van der Waals surface area (Å²) in [5.41, 5.74) is 7.22. The quantitative estimate of drug-likeness (QED) is 0.123. The topological polar surface area (TPSA) is 130 Å². The highest BCUT2D eigenvalue weighted by Gasteiger charge is 2.22. The highest BCUT2D eigenvalue weighted by Crippen LogP contribution is 2.42. The van der Waals surface area contributed by atoms with Crippen molar-refractivity contribution in [1.29, 1.82) is 0 Å². The molecule has 2 aromatic carbocycles. The van der Waals surface area contributed by atoms with E-state index in [9.17, 15) is 9.59 Å². The Morgan fingerprint density at radius 1 is 0.760 bits per heavy atom. The number of hydrogen-bond donors (Lipinski definition) is 4. The Labute approximate surface area is 300 Å². The fourth-order valence-corrected chi connectivity index (χ4v) is 7.20. The number of fused-ring (bicyclic) bond motifs is 1. The number of aromatic nitrogens is 3. The molecule has 2 saturated heterocycles. The fourth-order valence-electron chi connectivity index (χ4n) is 6.55. The minimum absolute atomic E-state index is 0.0999. The number of hydrogen-bond acceptors (Lipinski definition) is 8. The van der Waals surface area contributed by atoms with E-state index in [0.717, 1.165) is 63.7 Å². The van der Waals surface area contributed by atoms with Crippen LogP contribution >= 0.6 is 23.2 Å². The van der Waals surface area contributed by atoms with E-state index in [-0.39, 0.29) is 23.9 Å². The van der Waals surface area contributed by atoms with Crippen molar-refractivity contribution in [2.45, 2.75) is 50.9 Å². The second-order valence-electron chi connectivity index (χ2n) is 12.7. The summed E-state index contributed by atoms with van der Waals surface area (Å²) in [5, 5.41) is 14.7. The van der Waals surface area contributed by atoms with Gasteiger partial charge in [-0.05, 0) is 36.6 Å². The summed E-state index contributed by atoms with van der Waals surface area (Å²) >= 11 is 14.2. The molecule has 50 heavy (non-hydrogen) atoms. The van der Waals surface area contributed by atoms with Crippen molar-refractivity contribution < 1.29 is 14.3 Å². The van der Waals surface area contributed by atoms with Crippen LogP contribution in [0.4, 0.5) is 0 Å². The number of benzene rings is 2. The van der Waals surface area contributed by atoms with E-state index in [2.05, 4.69) is 27.3 Å². The van der Waals surface area contributed by atoms with E-state index in [0.29, 0.717) is 59.8 Å². The highest BCUT2D eigenvalue weighted by atomic mass is 35.5. The van der Waals surface area contributed by atoms with Crippen molar-refractivity contribution in [3.8, 4) is 39.5 Å². The maximum absolute atomic E-state index is 11.5. The molecule has 2 atom stereocenters. The van der Waals surface area contributed by atoms with Gasteiger partial charge in [0.1, 0.15) is 0 Å². The van der Waals surface area contributed by atoms with E-state index in [4.69, 9.17) is 42.9 Å². The zero-order valence-corrected chi connectivity index (χ0v) is 29.1. The Morgan fingerprint density at radius 3 is 2.00 bits per heavy atom. The molecule has 0 bridgehead atoms. The first kappa shape index (κ1) is 33.9. The second kappa shape index (κ2) is 15.1. The lowest BCUT2D eigenvalue weighted by Gasteiger charge is -2.15. The average molecular weight is 711 g/mol. The molecule has 2 aliphatic rings. The minimum Gasteiger partial charge on any atom is -0.481 e. The average Bonchev–Trinajstić information content (AvgIpc) is 3.75. The third kappa shape index (κ3) is 7.44. The van der Waals surface area contributed by atoms with Gasteiger partial charge in [-0.3, -0.25) is 19.6 Å². The summed E-state index contributed by atoms with van der Waals surface area (Å²) in [5.74, 6) is 0.722. The number of rotatable bonds is 12. The van der Waals surface area contributed by atoms with Crippen LogP contribution in [-0.2, 0) is 22.7 Å². The number of nitrogens with zero attached hydrogens (tertiary/aromatic N) is 3. The molecule has 0 unspecified atom stereocenters. The van der Waals surface area contributed by atoms with Crippen molar-refractivity contribution in [1.82, 2.24) is 36.2 Å². The van der Waals surface area contributed by atoms with Crippen LogP contribution in [0.25, 0.3) is 44.5 Å². The lowest BCUT2D eigenvalue weighted by atomic mass is 9.98. The lowest BCUT2D eigenvalue weighted by molar-refractivity contribution is -0.120. The van der Waals surface area contributed by atoms with E-state index in [1.807, 2.05) is 67.0 Å². The van der Waals surface area contributed by atoms with Crippen LogP contribution in [0.2, 0.25) is 10.0 Å². The second-order valence-corrected chi connectivity index (χ2v) is 13.4. The van der Waals surface area contributed by atoms with Gasteiger partial charge < -0.3 is 26.0 Å². The SMILES string of the molecule is COc1nc(-c2cccc(-c3cccc(-c4cc5ncc(CNC[C@H]6CCC(=O)N6)cc5cn4)c3Cl)c2Cl)ccc1CNC[C@H]1CCC(=O)N1. The van der Waals surface area contributed by atoms with E-state index in [1.54, 1.807) is 7.11 Å². The van der Waals surface area contributed by atoms with Crippen LogP contribution in [0.15, 0.2) is 73.1 Å². The molecule has 2 fully saturated rings. The molecule has 0 spiro atoms. The number of nitrogens with one attached hydrogen (secondary N) is 4. The minimum atomic E-state index is 0.0999. The van der Waals surface area contributed by atoms with Crippen LogP contribution in [0.5, 0.6) is 5.88 Å². The first-order chi connectivity index (χ1) is 24.4. The Kier molecular flexibility index (Phi) is 10.2. The Morgan fingerprint density at radius 2 is 1.38 bits per heavy atom. The monoisotopic (exact) mass is 709 g/mol. The Hall–Kier alpha value is -4.61. The van der Waals surface area contributed by atoms with Crippen molar-refractivity contribution in [2.24, 2.45) is 0 Å². The number of carbonyl (C=O) groups excluding carboxylic acids is 2. The standard InChI is InChI=1S/C38H37Cl2N7O3/c1-50-38-23(18-42-21-26-10-13-35(49)46-26)8-11-31(47-38)29-6-2-4-27(36(29)39)28-5-3-7-30(37(28)40)33-15-32-24(19-44-33)14-22(17-43-32)16-41-20-25-9-12-34(48)45-25/h2-8,11,14-15,17,19,25-26,41-42H,9-10,12-13,16,18,20-21H2,1H3,(H,45,48)(H,46,49)/t25-,26-/m1/s1. The van der Waals surface area contributed by atoms with Crippen molar-refractivity contribution >= 4 is 45.9 Å². The van der Waals surface area contributed by atoms with Crippen LogP contribution in [0.3, 0.4) is 0 Å². The number of carbonyl (C=O) groups is 2. The van der Waals surface area contributed by atoms with Crippen LogP contribution < -0.4 is 26.0 Å². The number of amides is 2. The van der Waals surface area contributed by atoms with Crippen molar-refractivity contribution in [3.05, 3.63) is 94.2 Å². The highest BCUT2D eigenvalue weighted by molar-refractivity contribution is 6.39. The van der Waals surface area contributed by atoms with Crippen molar-refractivity contribution in [2.75, 3.05) is 20.2 Å². The summed E-state index contributed by atoms with van der Waals surface area (Å²) < 4.78 is 5.65. The van der Waals surface area contributed by atoms with Gasteiger partial charge in [-0.25, -0.2) is 4.98 Å². The molecule has 0 aliphatic carbocycles. The van der Waals surface area contributed by atoms with E-state index in [1.165, 1.54) is 0 Å². The molecular formula is C38H37Cl2N7O3. The molecule has 10 nitrogen and oxygen atoms in total. The van der Waals surface area contributed by atoms with Gasteiger partial charge in [0.2, 0.25) is 17.7 Å². The normalized spacial score (nSPS) is 17.3.